The van der Waals surface area contributed by atoms with Crippen molar-refractivity contribution in [3.63, 3.8) is 0 Å². The molecule has 0 bridgehead atoms. The second-order valence-electron chi connectivity index (χ2n) is 9.57. The second kappa shape index (κ2) is 13.6. The van der Waals surface area contributed by atoms with E-state index in [9.17, 15) is 19.5 Å². The van der Waals surface area contributed by atoms with E-state index >= 15 is 0 Å². The number of nitrogens with one attached hydrogen (secondary N) is 2. The van der Waals surface area contributed by atoms with Crippen molar-refractivity contribution < 1.29 is 19.5 Å². The molecule has 0 fully saturated rings. The minimum atomic E-state index is -0.973. The molecule has 2 amide bonds. The van der Waals surface area contributed by atoms with Crippen molar-refractivity contribution in [1.29, 1.82) is 0 Å². The van der Waals surface area contributed by atoms with Crippen LogP contribution in [0.25, 0.3) is 11.3 Å². The van der Waals surface area contributed by atoms with Gasteiger partial charge in [-0.15, -0.1) is 23.1 Å². The lowest BCUT2D eigenvalue weighted by molar-refractivity contribution is -0.146. The molecule has 3 unspecified atom stereocenters. The van der Waals surface area contributed by atoms with Gasteiger partial charge in [-0.05, 0) is 60.9 Å². The summed E-state index contributed by atoms with van der Waals surface area (Å²) in [6.45, 7) is 0. The Hall–Kier alpha value is -3.63. The van der Waals surface area contributed by atoms with Gasteiger partial charge < -0.3 is 15.7 Å². The van der Waals surface area contributed by atoms with Crippen molar-refractivity contribution in [1.82, 2.24) is 4.98 Å². The van der Waals surface area contributed by atoms with E-state index < -0.39 is 23.1 Å². The van der Waals surface area contributed by atoms with E-state index in [-0.39, 0.29) is 11.8 Å². The van der Waals surface area contributed by atoms with E-state index in [1.54, 1.807) is 36.4 Å². The van der Waals surface area contributed by atoms with Crippen LogP contribution in [0.15, 0.2) is 95.2 Å². The molecule has 5 rings (SSSR count). The fraction of sp³-hybridized carbons (Fsp3) is 0.161. The van der Waals surface area contributed by atoms with E-state index in [1.165, 1.54) is 23.1 Å². The monoisotopic (exact) mass is 637 g/mol. The average Bonchev–Trinajstić information content (AvgIpc) is 3.45. The van der Waals surface area contributed by atoms with Gasteiger partial charge in [0.15, 0.2) is 5.13 Å². The van der Waals surface area contributed by atoms with Crippen molar-refractivity contribution in [2.24, 2.45) is 11.8 Å². The van der Waals surface area contributed by atoms with Crippen molar-refractivity contribution in [2.45, 2.75) is 23.0 Å². The fourth-order valence-corrected chi connectivity index (χ4v) is 6.83. The Bertz CT molecular complexity index is 1630. The van der Waals surface area contributed by atoms with Crippen LogP contribution in [0.3, 0.4) is 0 Å². The molecule has 214 valence electrons. The lowest BCUT2D eigenvalue weighted by Gasteiger charge is -2.24. The number of aromatic nitrogens is 1. The molecule has 1 aliphatic carbocycles. The molecule has 3 atom stereocenters. The number of allylic oxidation sites excluding steroid dienone is 2. The van der Waals surface area contributed by atoms with Crippen molar-refractivity contribution in [3.8, 4) is 11.3 Å². The van der Waals surface area contributed by atoms with Crippen LogP contribution in [-0.2, 0) is 14.4 Å². The summed E-state index contributed by atoms with van der Waals surface area (Å²) in [6, 6.07) is 21.7. The maximum atomic E-state index is 13.5. The number of thiazole rings is 1. The van der Waals surface area contributed by atoms with Gasteiger partial charge in [0.05, 0.1) is 22.6 Å². The fourth-order valence-electron chi connectivity index (χ4n) is 4.59. The zero-order valence-electron chi connectivity index (χ0n) is 22.0. The van der Waals surface area contributed by atoms with Gasteiger partial charge in [-0.3, -0.25) is 14.4 Å². The summed E-state index contributed by atoms with van der Waals surface area (Å²) < 4.78 is 0. The summed E-state index contributed by atoms with van der Waals surface area (Å²) in [7, 11) is 0. The third kappa shape index (κ3) is 7.22. The van der Waals surface area contributed by atoms with Crippen molar-refractivity contribution >= 4 is 74.9 Å². The van der Waals surface area contributed by atoms with Gasteiger partial charge in [0, 0.05) is 26.5 Å². The van der Waals surface area contributed by atoms with Crippen LogP contribution in [0, 0.1) is 11.8 Å². The number of carboxylic acid groups (broad SMARTS) is 1. The highest BCUT2D eigenvalue weighted by molar-refractivity contribution is 8.00. The van der Waals surface area contributed by atoms with Gasteiger partial charge in [0.25, 0.3) is 0 Å². The zero-order chi connectivity index (χ0) is 29.6. The maximum Gasteiger partial charge on any atom is 0.307 e. The first kappa shape index (κ1) is 29.8. The number of amides is 2. The van der Waals surface area contributed by atoms with Crippen LogP contribution in [0.2, 0.25) is 10.0 Å². The van der Waals surface area contributed by atoms with Crippen molar-refractivity contribution in [2.75, 3.05) is 10.6 Å². The van der Waals surface area contributed by atoms with Crippen LogP contribution in [0.5, 0.6) is 0 Å². The van der Waals surface area contributed by atoms with E-state index in [0.29, 0.717) is 39.4 Å². The van der Waals surface area contributed by atoms with Gasteiger partial charge >= 0.3 is 5.97 Å². The van der Waals surface area contributed by atoms with Gasteiger partial charge in [0.1, 0.15) is 5.25 Å². The molecule has 0 aliphatic heterocycles. The maximum absolute atomic E-state index is 13.5. The van der Waals surface area contributed by atoms with E-state index in [2.05, 4.69) is 15.6 Å². The quantitative estimate of drug-likeness (QED) is 0.126. The third-order valence-corrected chi connectivity index (χ3v) is 9.32. The molecule has 3 N–H and O–H groups in total. The van der Waals surface area contributed by atoms with Crippen LogP contribution < -0.4 is 10.6 Å². The normalized spacial score (nSPS) is 16.9. The Balaban J connectivity index is 1.28. The Kier molecular flexibility index (Phi) is 9.64. The number of anilines is 2. The van der Waals surface area contributed by atoms with Crippen LogP contribution >= 0.6 is 46.3 Å². The van der Waals surface area contributed by atoms with E-state index in [4.69, 9.17) is 23.2 Å². The molecule has 1 aliphatic rings. The predicted molar refractivity (Wildman–Crippen MR) is 169 cm³/mol. The largest absolute Gasteiger partial charge is 0.481 e. The van der Waals surface area contributed by atoms with Gasteiger partial charge in [-0.1, -0.05) is 65.7 Å². The number of carbonyl (C=O) groups excluding carboxylic acids is 2. The molecular formula is C31H25Cl2N3O4S2. The number of thioether (sulfide) groups is 1. The molecule has 0 saturated heterocycles. The number of benzene rings is 3. The summed E-state index contributed by atoms with van der Waals surface area (Å²) in [5.74, 6) is -2.91. The minimum absolute atomic E-state index is 0.239. The molecule has 7 nitrogen and oxygen atoms in total. The molecule has 1 heterocycles. The molecule has 3 aromatic carbocycles. The number of rotatable bonds is 9. The number of halogens is 2. The summed E-state index contributed by atoms with van der Waals surface area (Å²) in [6.07, 6.45) is 4.37. The Labute approximate surface area is 261 Å². The Morgan fingerprint density at radius 1 is 0.929 bits per heavy atom. The minimum Gasteiger partial charge on any atom is -0.481 e. The summed E-state index contributed by atoms with van der Waals surface area (Å²) in [5.41, 5.74) is 2.73. The molecular weight excluding hydrogens is 613 g/mol. The van der Waals surface area contributed by atoms with Gasteiger partial charge in [-0.25, -0.2) is 4.98 Å². The molecule has 0 spiro atoms. The lowest BCUT2D eigenvalue weighted by Crippen LogP contribution is -2.34. The number of carbonyl (C=O) groups is 3. The van der Waals surface area contributed by atoms with E-state index in [0.717, 1.165) is 16.0 Å². The number of hydrogen-bond acceptors (Lipinski definition) is 6. The predicted octanol–water partition coefficient (Wildman–Crippen LogP) is 8.19. The van der Waals surface area contributed by atoms with Crippen molar-refractivity contribution in [3.05, 3.63) is 106 Å². The summed E-state index contributed by atoms with van der Waals surface area (Å²) in [5, 5.41) is 17.9. The van der Waals surface area contributed by atoms with Crippen LogP contribution in [0.4, 0.5) is 10.8 Å². The first-order valence-electron chi connectivity index (χ1n) is 13.0. The lowest BCUT2D eigenvalue weighted by atomic mass is 9.82. The molecule has 0 saturated carbocycles. The standard InChI is InChI=1S/C31H25Cl2N3O4S2/c32-19-10-15-24(25(33)16-19)26-17-41-31(35-26)36-29(38)27(18-6-2-1-3-7-18)42-21-13-11-20(12-14-21)34-28(37)22-8-4-5-9-23(22)30(39)40/h1-7,10-17,22-23,27H,8-9H2,(H,34,37)(H,39,40)(H,35,36,38). The summed E-state index contributed by atoms with van der Waals surface area (Å²) >= 11 is 15.0. The van der Waals surface area contributed by atoms with Gasteiger partial charge in [-0.2, -0.15) is 0 Å². The smallest absolute Gasteiger partial charge is 0.307 e. The molecule has 0 radical (unpaired) electrons. The topological polar surface area (TPSA) is 108 Å². The zero-order valence-corrected chi connectivity index (χ0v) is 25.1. The van der Waals surface area contributed by atoms with Gasteiger partial charge in [0.2, 0.25) is 11.8 Å². The van der Waals surface area contributed by atoms with Crippen LogP contribution in [-0.4, -0.2) is 27.9 Å². The molecule has 42 heavy (non-hydrogen) atoms. The molecule has 4 aromatic rings. The number of aliphatic carboxylic acids is 1. The highest BCUT2D eigenvalue weighted by atomic mass is 35.5. The number of carboxylic acids is 1. The first-order chi connectivity index (χ1) is 20.3. The van der Waals surface area contributed by atoms with E-state index in [1.807, 2.05) is 53.9 Å². The Morgan fingerprint density at radius 2 is 1.64 bits per heavy atom. The summed E-state index contributed by atoms with van der Waals surface area (Å²) in [4.78, 5) is 43.3. The number of nitrogens with zero attached hydrogens (tertiary/aromatic N) is 1. The highest BCUT2D eigenvalue weighted by Gasteiger charge is 2.34. The molecule has 1 aromatic heterocycles. The first-order valence-corrected chi connectivity index (χ1v) is 15.5. The van der Waals surface area contributed by atoms with Crippen LogP contribution in [0.1, 0.15) is 23.7 Å². The molecule has 11 heteroatoms. The highest BCUT2D eigenvalue weighted by Crippen LogP contribution is 2.38. The number of hydrogen-bond donors (Lipinski definition) is 3. The second-order valence-corrected chi connectivity index (χ2v) is 12.4. The SMILES string of the molecule is O=C(Nc1nc(-c2ccc(Cl)cc2Cl)cs1)C(Sc1ccc(NC(=O)C2CC=CCC2C(=O)O)cc1)c1ccccc1. The Morgan fingerprint density at radius 3 is 2.33 bits per heavy atom. The third-order valence-electron chi connectivity index (χ3n) is 6.74. The average molecular weight is 639 g/mol.